The number of hydrogen-bond acceptors (Lipinski definition) is 10. The molecule has 5 N–H and O–H groups in total. The van der Waals surface area contributed by atoms with Crippen LogP contribution in [0.15, 0.2) is 67.0 Å². The number of anilines is 1. The lowest BCUT2D eigenvalue weighted by Gasteiger charge is -2.33. The fourth-order valence-electron chi connectivity index (χ4n) is 6.96. The quantitative estimate of drug-likeness (QED) is 0.141. The number of likely N-dealkylation sites (N-methyl/N-ethyl adjacent to an activating group) is 1. The van der Waals surface area contributed by atoms with Crippen molar-refractivity contribution in [3.63, 3.8) is 0 Å². The van der Waals surface area contributed by atoms with Gasteiger partial charge in [0.2, 0.25) is 5.82 Å². The normalized spacial score (nSPS) is 21.6. The molecule has 4 aromatic rings. The van der Waals surface area contributed by atoms with Gasteiger partial charge in [0.05, 0.1) is 6.33 Å². The van der Waals surface area contributed by atoms with E-state index in [1.54, 1.807) is 6.92 Å². The zero-order valence-electron chi connectivity index (χ0n) is 28.9. The first-order valence-corrected chi connectivity index (χ1v) is 17.6. The third kappa shape index (κ3) is 7.81. The molecule has 0 saturated carbocycles. The number of ether oxygens (including phenoxy) is 1. The van der Waals surface area contributed by atoms with Gasteiger partial charge in [0.25, 0.3) is 11.8 Å². The largest absolute Gasteiger partial charge is 0.387 e. The Bertz CT molecular complexity index is 1690. The Kier molecular flexibility index (Phi) is 11.4. The van der Waals surface area contributed by atoms with Gasteiger partial charge in [-0.15, -0.1) is 0 Å². The molecule has 2 fully saturated rings. The van der Waals surface area contributed by atoms with Gasteiger partial charge in [-0.05, 0) is 55.8 Å². The molecular formula is C37H48N8O5. The second-order valence-electron chi connectivity index (χ2n) is 13.5. The monoisotopic (exact) mass is 684 g/mol. The minimum absolute atomic E-state index is 0.0467. The van der Waals surface area contributed by atoms with Crippen LogP contribution >= 0.6 is 0 Å². The highest BCUT2D eigenvalue weighted by molar-refractivity contribution is 5.94. The van der Waals surface area contributed by atoms with Crippen LogP contribution in [0.4, 0.5) is 5.82 Å². The number of imidazole rings is 1. The van der Waals surface area contributed by atoms with Crippen molar-refractivity contribution in [2.24, 2.45) is 11.8 Å². The Morgan fingerprint density at radius 2 is 1.60 bits per heavy atom. The lowest BCUT2D eigenvalue weighted by atomic mass is 9.87. The summed E-state index contributed by atoms with van der Waals surface area (Å²) in [6.45, 7) is 10.2. The number of carbonyl (C=O) groups is 2. The maximum absolute atomic E-state index is 13.6. The molecule has 0 unspecified atom stereocenters. The second-order valence-corrected chi connectivity index (χ2v) is 13.5. The number of fused-ring (bicyclic) bond motifs is 1. The van der Waals surface area contributed by atoms with Crippen molar-refractivity contribution in [3.05, 3.63) is 83.9 Å². The van der Waals surface area contributed by atoms with Crippen LogP contribution in [0.25, 0.3) is 11.2 Å². The molecule has 50 heavy (non-hydrogen) atoms. The number of carbonyl (C=O) groups excluding carboxylic acids is 2. The molecule has 2 aliphatic rings. The summed E-state index contributed by atoms with van der Waals surface area (Å²) in [5, 5.41) is 30.8. The molecule has 2 saturated heterocycles. The number of nitrogens with one attached hydrogen (secondary N) is 3. The number of hydrogen-bond donors (Lipinski definition) is 5. The van der Waals surface area contributed by atoms with E-state index < -0.39 is 36.4 Å². The minimum Gasteiger partial charge on any atom is -0.387 e. The number of aliphatic hydroxyl groups excluding tert-OH is 2. The van der Waals surface area contributed by atoms with Gasteiger partial charge >= 0.3 is 0 Å². The van der Waals surface area contributed by atoms with Gasteiger partial charge < -0.3 is 35.8 Å². The summed E-state index contributed by atoms with van der Waals surface area (Å²) in [6.07, 6.45) is -1.68. The van der Waals surface area contributed by atoms with Gasteiger partial charge in [0.15, 0.2) is 29.3 Å². The molecular weight excluding hydrogens is 636 g/mol. The Labute approximate surface area is 292 Å². The minimum atomic E-state index is -1.48. The number of aliphatic hydroxyl groups is 2. The molecule has 4 heterocycles. The van der Waals surface area contributed by atoms with E-state index in [9.17, 15) is 19.8 Å². The van der Waals surface area contributed by atoms with Gasteiger partial charge in [-0.3, -0.25) is 14.2 Å². The summed E-state index contributed by atoms with van der Waals surface area (Å²) >= 11 is 0. The fraction of sp³-hybridized carbons (Fsp3) is 0.486. The van der Waals surface area contributed by atoms with E-state index in [2.05, 4.69) is 73.9 Å². The van der Waals surface area contributed by atoms with Crippen LogP contribution in [-0.2, 0) is 9.53 Å². The van der Waals surface area contributed by atoms with Gasteiger partial charge in [0.1, 0.15) is 12.2 Å². The third-order valence-electron chi connectivity index (χ3n) is 9.91. The van der Waals surface area contributed by atoms with Crippen molar-refractivity contribution >= 4 is 28.8 Å². The first-order chi connectivity index (χ1) is 24.2. The van der Waals surface area contributed by atoms with Crippen LogP contribution in [0.1, 0.15) is 67.5 Å². The number of piperidine rings is 1. The third-order valence-corrected chi connectivity index (χ3v) is 9.91. The highest BCUT2D eigenvalue weighted by atomic mass is 16.6. The van der Waals surface area contributed by atoms with Crippen molar-refractivity contribution in [1.82, 2.24) is 35.1 Å². The second kappa shape index (κ2) is 16.1. The lowest BCUT2D eigenvalue weighted by Crippen LogP contribution is -2.42. The SMILES string of the molecule is CCNC(=O)[C@H]1O[C@@H](n2cnc3c(NCC(c4ccccc4)c4ccccc4)nc(C(=O)NCCN4CCC(C(C)C)CC4)nc32)[C@@H](O)[C@@H]1O. The molecule has 13 heteroatoms. The summed E-state index contributed by atoms with van der Waals surface area (Å²) in [6, 6.07) is 20.2. The van der Waals surface area contributed by atoms with Gasteiger partial charge in [-0.25, -0.2) is 15.0 Å². The molecule has 0 radical (unpaired) electrons. The molecule has 0 bridgehead atoms. The van der Waals surface area contributed by atoms with E-state index in [0.717, 1.165) is 49.5 Å². The van der Waals surface area contributed by atoms with Crippen LogP contribution < -0.4 is 16.0 Å². The van der Waals surface area contributed by atoms with Crippen LogP contribution in [0.5, 0.6) is 0 Å². The molecule has 266 valence electrons. The molecule has 2 aromatic heterocycles. The predicted molar refractivity (Wildman–Crippen MR) is 189 cm³/mol. The maximum Gasteiger partial charge on any atom is 0.289 e. The van der Waals surface area contributed by atoms with E-state index in [1.165, 1.54) is 10.9 Å². The van der Waals surface area contributed by atoms with Crippen molar-refractivity contribution in [2.75, 3.05) is 44.6 Å². The van der Waals surface area contributed by atoms with Crippen LogP contribution in [-0.4, -0.2) is 104 Å². The number of rotatable bonds is 13. The van der Waals surface area contributed by atoms with E-state index in [1.807, 2.05) is 36.4 Å². The van der Waals surface area contributed by atoms with E-state index in [-0.39, 0.29) is 17.4 Å². The summed E-state index contributed by atoms with van der Waals surface area (Å²) < 4.78 is 7.33. The summed E-state index contributed by atoms with van der Waals surface area (Å²) in [7, 11) is 0. The molecule has 0 aliphatic carbocycles. The highest BCUT2D eigenvalue weighted by Crippen LogP contribution is 2.33. The molecule has 13 nitrogen and oxygen atoms in total. The lowest BCUT2D eigenvalue weighted by molar-refractivity contribution is -0.137. The van der Waals surface area contributed by atoms with E-state index in [4.69, 9.17) is 4.74 Å². The zero-order valence-corrected chi connectivity index (χ0v) is 28.9. The Morgan fingerprint density at radius 1 is 0.940 bits per heavy atom. The van der Waals surface area contributed by atoms with Gasteiger partial charge in [-0.1, -0.05) is 74.5 Å². The summed E-state index contributed by atoms with van der Waals surface area (Å²) in [4.78, 5) is 42.4. The number of benzene rings is 2. The van der Waals surface area contributed by atoms with E-state index >= 15 is 0 Å². The number of likely N-dealkylation sites (tertiary alicyclic amines) is 1. The van der Waals surface area contributed by atoms with Crippen molar-refractivity contribution in [3.8, 4) is 0 Å². The smallest absolute Gasteiger partial charge is 0.289 e. The predicted octanol–water partition coefficient (Wildman–Crippen LogP) is 2.92. The molecule has 2 aliphatic heterocycles. The van der Waals surface area contributed by atoms with Crippen LogP contribution in [0.3, 0.4) is 0 Å². The number of aromatic nitrogens is 4. The summed E-state index contributed by atoms with van der Waals surface area (Å²) in [5.74, 6) is 0.632. The van der Waals surface area contributed by atoms with Crippen LogP contribution in [0, 0.1) is 11.8 Å². The van der Waals surface area contributed by atoms with E-state index in [0.29, 0.717) is 36.9 Å². The average molecular weight is 685 g/mol. The molecule has 4 atom stereocenters. The average Bonchev–Trinajstić information content (AvgIpc) is 3.69. The topological polar surface area (TPSA) is 167 Å². The standard InChI is InChI=1S/C37H48N8O5/c1-4-38-35(48)31-29(46)30(47)37(50-31)45-22-41-28-32(40-21-27(25-11-7-5-8-12-25)26-13-9-6-10-14-26)42-33(43-34(28)45)36(49)39-17-20-44-18-15-24(16-19-44)23(2)3/h5-14,22-24,27,29-31,37,46-47H,4,15-21H2,1-3H3,(H,38,48)(H,39,49)(H,40,42,43)/t29-,30-,31-,37+/m0/s1. The van der Waals surface area contributed by atoms with Crippen LogP contribution in [0.2, 0.25) is 0 Å². The van der Waals surface area contributed by atoms with Gasteiger partial charge in [-0.2, -0.15) is 0 Å². The Morgan fingerprint density at radius 3 is 2.22 bits per heavy atom. The number of nitrogens with zero attached hydrogens (tertiary/aromatic N) is 5. The number of amides is 2. The highest BCUT2D eigenvalue weighted by Gasteiger charge is 2.47. The Hall–Kier alpha value is -4.43. The van der Waals surface area contributed by atoms with Crippen molar-refractivity contribution in [1.29, 1.82) is 0 Å². The first kappa shape index (κ1) is 35.4. The van der Waals surface area contributed by atoms with Crippen molar-refractivity contribution < 1.29 is 24.5 Å². The molecule has 2 aromatic carbocycles. The molecule has 6 rings (SSSR count). The maximum atomic E-state index is 13.6. The van der Waals surface area contributed by atoms with Crippen molar-refractivity contribution in [2.45, 2.75) is 64.1 Å². The summed E-state index contributed by atoms with van der Waals surface area (Å²) in [5.41, 5.74) is 2.77. The fourth-order valence-corrected chi connectivity index (χ4v) is 6.96. The van der Waals surface area contributed by atoms with Gasteiger partial charge in [0, 0.05) is 32.1 Å². The molecule has 0 spiro atoms. The Balaban J connectivity index is 1.27. The zero-order chi connectivity index (χ0) is 35.2. The first-order valence-electron chi connectivity index (χ1n) is 17.6. The molecule has 2 amide bonds.